The summed E-state index contributed by atoms with van der Waals surface area (Å²) >= 11 is 0. The number of hydrogen-bond acceptors (Lipinski definition) is 14. The Morgan fingerprint density at radius 1 is 0.333 bits per heavy atom. The molecule has 0 aromatic heterocycles. The van der Waals surface area contributed by atoms with Crippen LogP contribution in [-0.2, 0) is 80.1 Å². The van der Waals surface area contributed by atoms with E-state index in [1.165, 1.54) is 90.6 Å². The summed E-state index contributed by atoms with van der Waals surface area (Å²) in [5.74, 6) is 0. The number of nitrogens with zero attached hydrogens (tertiary/aromatic N) is 2. The molecule has 0 aromatic carbocycles. The van der Waals surface area contributed by atoms with E-state index in [2.05, 4.69) is 37.5 Å². The normalized spacial score (nSPS) is 11.4. The summed E-state index contributed by atoms with van der Waals surface area (Å²) < 4.78 is 204. The van der Waals surface area contributed by atoms with E-state index in [1.807, 2.05) is 0 Å². The minimum absolute atomic E-state index is 0. The summed E-state index contributed by atoms with van der Waals surface area (Å²) in [4.78, 5) is 5.38. The Kier molecular flexibility index (Phi) is 50.7. The van der Waals surface area contributed by atoms with Crippen molar-refractivity contribution in [2.45, 2.75) is 79.1 Å². The maximum Gasteiger partial charge on any atom is 0.435 e. The fraction of sp³-hybridized carbons (Fsp3) is 1.00. The van der Waals surface area contributed by atoms with Gasteiger partial charge in [0.2, 0.25) is 0 Å². The zero-order chi connectivity index (χ0) is 42.1. The third-order valence-corrected chi connectivity index (χ3v) is 4.04. The van der Waals surface area contributed by atoms with Gasteiger partial charge in [-0.2, -0.15) is 50.5 Å². The van der Waals surface area contributed by atoms with E-state index in [1.54, 1.807) is 0 Å². The van der Waals surface area contributed by atoms with Gasteiger partial charge < -0.3 is 9.80 Å². The maximum atomic E-state index is 10.2. The summed E-state index contributed by atoms with van der Waals surface area (Å²) in [5, 5.41) is 0. The molecule has 0 saturated carbocycles. The van der Waals surface area contributed by atoms with Crippen molar-refractivity contribution in [1.29, 1.82) is 0 Å². The molecule has 1 radical (unpaired) electrons. The average Bonchev–Trinajstić information content (AvgIpc) is 2.78. The summed E-state index contributed by atoms with van der Waals surface area (Å²) in [6.45, 7) is 16.9. The van der Waals surface area contributed by atoms with Crippen LogP contribution in [0.2, 0.25) is 0 Å². The monoisotopic (exact) mass is 947 g/mol. The molecule has 0 aliphatic heterocycles. The molecule has 0 rings (SSSR count). The van der Waals surface area contributed by atoms with Crippen molar-refractivity contribution in [3.05, 3.63) is 0 Å². The second-order valence-electron chi connectivity index (χ2n) is 8.57. The predicted octanol–water partition coefficient (Wildman–Crippen LogP) is 3.34. The quantitative estimate of drug-likeness (QED) is 0.0593. The molecule has 0 spiro atoms. The number of halogens is 6. The Morgan fingerprint density at radius 3 is 0.510 bits per heavy atom. The van der Waals surface area contributed by atoms with E-state index in [4.69, 9.17) is 77.8 Å². The van der Waals surface area contributed by atoms with Crippen molar-refractivity contribution in [2.24, 2.45) is 0 Å². The third kappa shape index (κ3) is 266. The molecule has 0 amide bonds. The molecule has 0 heterocycles. The molecule has 0 bridgehead atoms. The molecule has 0 saturated heterocycles. The molecule has 51 heavy (non-hydrogen) atoms. The molecular formula is C18H46CuF6N2O18S6. The van der Waals surface area contributed by atoms with Gasteiger partial charge in [-0.1, -0.05) is 76.7 Å². The van der Waals surface area contributed by atoms with E-state index >= 15 is 0 Å². The zero-order valence-electron chi connectivity index (χ0n) is 27.4. The smallest absolute Gasteiger partial charge is 0.302 e. The Labute approximate surface area is 308 Å². The molecule has 0 aliphatic rings. The largest absolute Gasteiger partial charge is 0.435 e. The van der Waals surface area contributed by atoms with Gasteiger partial charge in [0.25, 0.3) is 0 Å². The van der Waals surface area contributed by atoms with E-state index in [-0.39, 0.29) is 17.1 Å². The second kappa shape index (κ2) is 37.8. The molecule has 0 aliphatic carbocycles. The van der Waals surface area contributed by atoms with Crippen molar-refractivity contribution in [3.8, 4) is 0 Å². The first-order valence-corrected chi connectivity index (χ1v) is 21.3. The van der Waals surface area contributed by atoms with E-state index in [9.17, 15) is 23.3 Å². The van der Waals surface area contributed by atoms with Crippen LogP contribution in [-0.4, -0.2) is 127 Å². The maximum absolute atomic E-state index is 10.2. The predicted molar refractivity (Wildman–Crippen MR) is 168 cm³/mol. The topological polar surface area (TPSA) is 333 Å². The molecule has 0 fully saturated rings. The van der Waals surface area contributed by atoms with Gasteiger partial charge in [-0.05, 0) is 51.9 Å². The first-order chi connectivity index (χ1) is 21.8. The van der Waals surface area contributed by atoms with Gasteiger partial charge in [-0.3, -0.25) is 27.3 Å². The van der Waals surface area contributed by atoms with Gasteiger partial charge in [0, 0.05) is 30.2 Å². The van der Waals surface area contributed by atoms with Gasteiger partial charge in [-0.15, -0.1) is 0 Å². The van der Waals surface area contributed by atoms with Crippen molar-refractivity contribution < 1.29 is 118 Å². The Balaban J connectivity index is -0.0000000813. The molecule has 20 nitrogen and oxygen atoms in total. The summed E-state index contributed by atoms with van der Waals surface area (Å²) in [7, 11) is -31.0. The van der Waals surface area contributed by atoms with Crippen molar-refractivity contribution in [2.75, 3.05) is 39.3 Å². The first kappa shape index (κ1) is 68.5. The van der Waals surface area contributed by atoms with E-state index in [0.29, 0.717) is 0 Å². The summed E-state index contributed by atoms with van der Waals surface area (Å²) in [6, 6.07) is 0. The summed E-state index contributed by atoms with van der Waals surface area (Å²) in [5.41, 5.74) is 0. The van der Waals surface area contributed by atoms with Gasteiger partial charge in [0.1, 0.15) is 0 Å². The fourth-order valence-electron chi connectivity index (χ4n) is 2.48. The fourth-order valence-corrected chi connectivity index (χ4v) is 2.48. The molecular weight excluding hydrogens is 902 g/mol. The molecule has 0 atom stereocenters. The average molecular weight is 948 g/mol. The van der Waals surface area contributed by atoms with Crippen LogP contribution < -0.4 is 0 Å². The summed E-state index contributed by atoms with van der Waals surface area (Å²) in [6.07, 6.45) is 10.7. The minimum Gasteiger partial charge on any atom is -0.302 e. The van der Waals surface area contributed by atoms with Crippen molar-refractivity contribution in [3.63, 3.8) is 0 Å². The van der Waals surface area contributed by atoms with Crippen LogP contribution in [0.1, 0.15) is 79.1 Å². The molecule has 33 heteroatoms. The van der Waals surface area contributed by atoms with Gasteiger partial charge >= 0.3 is 63.0 Å². The number of unbranched alkanes of at least 4 members (excludes halogenated alkanes) is 4. The Morgan fingerprint density at radius 2 is 0.431 bits per heavy atom. The third-order valence-electron chi connectivity index (χ3n) is 4.04. The van der Waals surface area contributed by atoms with Crippen LogP contribution in [0.15, 0.2) is 0 Å². The van der Waals surface area contributed by atoms with Gasteiger partial charge in [0.05, 0.1) is 0 Å². The second-order valence-corrected chi connectivity index (χ2v) is 13.5. The van der Waals surface area contributed by atoms with Crippen LogP contribution in [0.25, 0.3) is 0 Å². The zero-order valence-corrected chi connectivity index (χ0v) is 33.2. The van der Waals surface area contributed by atoms with Crippen LogP contribution in [0.5, 0.6) is 0 Å². The number of hydrogen-bond donors (Lipinski definition) is 6. The molecule has 325 valence electrons. The van der Waals surface area contributed by atoms with Gasteiger partial charge in [0.15, 0.2) is 0 Å². The first-order valence-electron chi connectivity index (χ1n) is 13.2. The van der Waals surface area contributed by atoms with Crippen LogP contribution in [0, 0.1) is 0 Å². The van der Waals surface area contributed by atoms with Crippen molar-refractivity contribution in [1.82, 2.24) is 9.80 Å². The van der Waals surface area contributed by atoms with Gasteiger partial charge in [-0.25, -0.2) is 0 Å². The van der Waals surface area contributed by atoms with Crippen molar-refractivity contribution >= 4 is 63.0 Å². The standard InChI is InChI=1S/C18H40N2.Cu.6FHO3S/c1-5-9-13-19(14-10-6-2)17-18-20(15-11-7-3)16-12-8-4;;6*1-5(2,3)4/h5-18H2,1-4H3;;6*(H,2,3,4). The van der Waals surface area contributed by atoms with Crippen LogP contribution in [0.3, 0.4) is 0 Å². The molecule has 0 unspecified atom stereocenters. The van der Waals surface area contributed by atoms with E-state index in [0.717, 1.165) is 0 Å². The Hall–Kier alpha value is -0.521. The minimum atomic E-state index is -5.17. The SMILES string of the molecule is CCCCN(CCCC)CCN(CCCC)CCCC.O=S(=O)(O)F.O=S(=O)(O)F.O=S(=O)(O)F.O=S(=O)(O)F.O=S(=O)(O)F.O=S(=O)(O)F.[Cu]. The molecule has 6 N–H and O–H groups in total. The Bertz CT molecular complexity index is 1130. The van der Waals surface area contributed by atoms with E-state index < -0.39 is 63.0 Å². The molecule has 0 aromatic rings. The van der Waals surface area contributed by atoms with Crippen LogP contribution >= 0.6 is 0 Å². The van der Waals surface area contributed by atoms with Crippen LogP contribution in [0.4, 0.5) is 23.3 Å². The number of rotatable bonds is 15.